The summed E-state index contributed by atoms with van der Waals surface area (Å²) in [7, 11) is 1.72. The van der Waals surface area contributed by atoms with Crippen LogP contribution in [0.2, 0.25) is 0 Å². The monoisotopic (exact) mass is 390 g/mol. The van der Waals surface area contributed by atoms with Crippen molar-refractivity contribution in [3.63, 3.8) is 0 Å². The molecule has 2 aliphatic carbocycles. The molecule has 0 radical (unpaired) electrons. The quantitative estimate of drug-likeness (QED) is 0.777. The number of carbonyl (C=O) groups is 3. The van der Waals surface area contributed by atoms with Gasteiger partial charge < -0.3 is 19.7 Å². The standard InChI is InChI=1S/C21H30N2O5/c1-13-18(21(26)27)11-17(28-13)12-23(2)20(25)15-7-9-16(10-8-15)22-19(24)14-5-3-4-6-14/h11,14-16H,3-10,12H2,1-2H3,(H,22,24)(H,26,27). The van der Waals surface area contributed by atoms with Gasteiger partial charge >= 0.3 is 5.97 Å². The Bertz CT molecular complexity index is 727. The zero-order valence-corrected chi connectivity index (χ0v) is 16.7. The van der Waals surface area contributed by atoms with E-state index in [2.05, 4.69) is 5.32 Å². The molecule has 2 N–H and O–H groups in total. The van der Waals surface area contributed by atoms with E-state index < -0.39 is 5.97 Å². The predicted octanol–water partition coefficient (Wildman–Crippen LogP) is 3.11. The number of furan rings is 1. The van der Waals surface area contributed by atoms with E-state index in [1.54, 1.807) is 18.9 Å². The number of carboxylic acids is 1. The van der Waals surface area contributed by atoms with Crippen LogP contribution in [0, 0.1) is 18.8 Å². The van der Waals surface area contributed by atoms with Gasteiger partial charge in [0.25, 0.3) is 0 Å². The minimum Gasteiger partial charge on any atom is -0.478 e. The number of nitrogens with one attached hydrogen (secondary N) is 1. The first-order chi connectivity index (χ1) is 13.3. The molecule has 154 valence electrons. The third kappa shape index (κ3) is 4.75. The number of carboxylic acid groups (broad SMARTS) is 1. The first kappa shape index (κ1) is 20.4. The summed E-state index contributed by atoms with van der Waals surface area (Å²) in [5, 5.41) is 12.3. The Morgan fingerprint density at radius 2 is 1.75 bits per heavy atom. The van der Waals surface area contributed by atoms with Crippen LogP contribution in [0.3, 0.4) is 0 Å². The summed E-state index contributed by atoms with van der Waals surface area (Å²) in [6.45, 7) is 1.86. The molecule has 1 aromatic heterocycles. The van der Waals surface area contributed by atoms with Gasteiger partial charge in [0.05, 0.1) is 6.54 Å². The molecule has 7 heteroatoms. The minimum atomic E-state index is -1.03. The first-order valence-electron chi connectivity index (χ1n) is 10.2. The van der Waals surface area contributed by atoms with Crippen LogP contribution in [0.5, 0.6) is 0 Å². The highest BCUT2D eigenvalue weighted by Crippen LogP contribution is 2.29. The average Bonchev–Trinajstić information content (AvgIpc) is 3.31. The van der Waals surface area contributed by atoms with Crippen LogP contribution in [0.4, 0.5) is 0 Å². The summed E-state index contributed by atoms with van der Waals surface area (Å²) in [6.07, 6.45) is 7.47. The number of carbonyl (C=O) groups excluding carboxylic acids is 2. The molecule has 0 aromatic carbocycles. The lowest BCUT2D eigenvalue weighted by Crippen LogP contribution is -2.42. The third-order valence-corrected chi connectivity index (χ3v) is 6.12. The van der Waals surface area contributed by atoms with E-state index in [-0.39, 0.29) is 41.8 Å². The van der Waals surface area contributed by atoms with Gasteiger partial charge in [-0.2, -0.15) is 0 Å². The number of nitrogens with zero attached hydrogens (tertiary/aromatic N) is 1. The summed E-state index contributed by atoms with van der Waals surface area (Å²) in [6, 6.07) is 1.66. The largest absolute Gasteiger partial charge is 0.478 e. The summed E-state index contributed by atoms with van der Waals surface area (Å²) >= 11 is 0. The SMILES string of the molecule is Cc1oc(CN(C)C(=O)C2CCC(NC(=O)C3CCCC3)CC2)cc1C(=O)O. The van der Waals surface area contributed by atoms with Gasteiger partial charge in [0.2, 0.25) is 11.8 Å². The normalized spacial score (nSPS) is 22.8. The highest BCUT2D eigenvalue weighted by molar-refractivity contribution is 5.88. The van der Waals surface area contributed by atoms with E-state index in [9.17, 15) is 14.4 Å². The molecule has 2 fully saturated rings. The molecule has 28 heavy (non-hydrogen) atoms. The summed E-state index contributed by atoms with van der Waals surface area (Å²) < 4.78 is 5.47. The van der Waals surface area contributed by atoms with E-state index in [1.807, 2.05) is 0 Å². The molecule has 2 saturated carbocycles. The Hall–Kier alpha value is -2.31. The van der Waals surface area contributed by atoms with Gasteiger partial charge in [0.15, 0.2) is 0 Å². The second kappa shape index (κ2) is 8.80. The van der Waals surface area contributed by atoms with Crippen molar-refractivity contribution in [1.82, 2.24) is 10.2 Å². The van der Waals surface area contributed by atoms with Crippen LogP contribution in [0.1, 0.15) is 73.2 Å². The molecule has 3 rings (SSSR count). The lowest BCUT2D eigenvalue weighted by Gasteiger charge is -2.31. The summed E-state index contributed by atoms with van der Waals surface area (Å²) in [5.41, 5.74) is 0.134. The fraction of sp³-hybridized carbons (Fsp3) is 0.667. The van der Waals surface area contributed by atoms with E-state index in [1.165, 1.54) is 6.07 Å². The van der Waals surface area contributed by atoms with Gasteiger partial charge in [0, 0.05) is 24.9 Å². The average molecular weight is 390 g/mol. The van der Waals surface area contributed by atoms with Crippen molar-refractivity contribution in [3.05, 3.63) is 23.2 Å². The van der Waals surface area contributed by atoms with Crippen molar-refractivity contribution < 1.29 is 23.9 Å². The maximum Gasteiger partial charge on any atom is 0.339 e. The lowest BCUT2D eigenvalue weighted by molar-refractivity contribution is -0.136. The molecule has 7 nitrogen and oxygen atoms in total. The zero-order chi connectivity index (χ0) is 20.3. The van der Waals surface area contributed by atoms with E-state index >= 15 is 0 Å². The molecule has 0 aliphatic heterocycles. The van der Waals surface area contributed by atoms with Crippen molar-refractivity contribution in [1.29, 1.82) is 0 Å². The third-order valence-electron chi connectivity index (χ3n) is 6.12. The molecule has 1 heterocycles. The Balaban J connectivity index is 1.47. The molecular formula is C21H30N2O5. The maximum atomic E-state index is 12.7. The Labute approximate surface area is 165 Å². The molecule has 2 amide bonds. The van der Waals surface area contributed by atoms with Crippen LogP contribution in [0.25, 0.3) is 0 Å². The number of rotatable bonds is 6. The van der Waals surface area contributed by atoms with Gasteiger partial charge in [0.1, 0.15) is 17.1 Å². The summed E-state index contributed by atoms with van der Waals surface area (Å²) in [4.78, 5) is 37.8. The van der Waals surface area contributed by atoms with E-state index in [4.69, 9.17) is 9.52 Å². The molecule has 0 bridgehead atoms. The van der Waals surface area contributed by atoms with Crippen LogP contribution in [-0.2, 0) is 16.1 Å². The lowest BCUT2D eigenvalue weighted by atomic mass is 9.85. The van der Waals surface area contributed by atoms with Crippen molar-refractivity contribution in [3.8, 4) is 0 Å². The van der Waals surface area contributed by atoms with Gasteiger partial charge in [-0.3, -0.25) is 9.59 Å². The Morgan fingerprint density at radius 3 is 2.32 bits per heavy atom. The zero-order valence-electron chi connectivity index (χ0n) is 16.7. The van der Waals surface area contributed by atoms with Crippen molar-refractivity contribution >= 4 is 17.8 Å². The second-order valence-electron chi connectivity index (χ2n) is 8.22. The van der Waals surface area contributed by atoms with Crippen LogP contribution >= 0.6 is 0 Å². The second-order valence-corrected chi connectivity index (χ2v) is 8.22. The molecular weight excluding hydrogens is 360 g/mol. The van der Waals surface area contributed by atoms with Gasteiger partial charge in [-0.25, -0.2) is 4.79 Å². The van der Waals surface area contributed by atoms with Crippen molar-refractivity contribution in [2.45, 2.75) is 70.9 Å². The van der Waals surface area contributed by atoms with Gasteiger partial charge in [-0.05, 0) is 51.5 Å². The minimum absolute atomic E-state index is 0.0477. The molecule has 1 aromatic rings. The topological polar surface area (TPSA) is 99.9 Å². The fourth-order valence-electron chi connectivity index (χ4n) is 4.45. The first-order valence-corrected chi connectivity index (χ1v) is 10.2. The van der Waals surface area contributed by atoms with Crippen LogP contribution in [-0.4, -0.2) is 40.9 Å². The van der Waals surface area contributed by atoms with E-state index in [0.29, 0.717) is 11.5 Å². The predicted molar refractivity (Wildman–Crippen MR) is 103 cm³/mol. The Morgan fingerprint density at radius 1 is 1.11 bits per heavy atom. The number of aromatic carboxylic acids is 1. The fourth-order valence-corrected chi connectivity index (χ4v) is 4.45. The molecule has 2 aliphatic rings. The van der Waals surface area contributed by atoms with Crippen LogP contribution < -0.4 is 5.32 Å². The maximum absolute atomic E-state index is 12.7. The summed E-state index contributed by atoms with van der Waals surface area (Å²) in [5.74, 6) is 0.153. The highest BCUT2D eigenvalue weighted by atomic mass is 16.4. The van der Waals surface area contributed by atoms with Crippen molar-refractivity contribution in [2.75, 3.05) is 7.05 Å². The smallest absolute Gasteiger partial charge is 0.339 e. The molecule has 0 unspecified atom stereocenters. The molecule has 0 saturated heterocycles. The van der Waals surface area contributed by atoms with Gasteiger partial charge in [-0.15, -0.1) is 0 Å². The number of amides is 2. The molecule has 0 atom stereocenters. The highest BCUT2D eigenvalue weighted by Gasteiger charge is 2.31. The molecule has 0 spiro atoms. The number of hydrogen-bond donors (Lipinski definition) is 2. The van der Waals surface area contributed by atoms with Gasteiger partial charge in [-0.1, -0.05) is 12.8 Å². The number of hydrogen-bond acceptors (Lipinski definition) is 4. The van der Waals surface area contributed by atoms with E-state index in [0.717, 1.165) is 51.4 Å². The van der Waals surface area contributed by atoms with Crippen LogP contribution in [0.15, 0.2) is 10.5 Å². The Kier molecular flexibility index (Phi) is 6.42. The number of aryl methyl sites for hydroxylation is 1. The van der Waals surface area contributed by atoms with Crippen molar-refractivity contribution in [2.24, 2.45) is 11.8 Å².